The van der Waals surface area contributed by atoms with Gasteiger partial charge in [0, 0.05) is 30.2 Å². The number of amides is 1. The van der Waals surface area contributed by atoms with E-state index < -0.39 is 0 Å². The van der Waals surface area contributed by atoms with Crippen LogP contribution in [0, 0.1) is 0 Å². The quantitative estimate of drug-likeness (QED) is 0.833. The Labute approximate surface area is 138 Å². The SMILES string of the molecule is O=C(NCCCN1CCCCC1)c1ccc(-n2cccc2)cc1. The minimum absolute atomic E-state index is 0.0164. The first-order chi connectivity index (χ1) is 11.3. The van der Waals surface area contributed by atoms with Gasteiger partial charge >= 0.3 is 0 Å². The summed E-state index contributed by atoms with van der Waals surface area (Å²) < 4.78 is 2.03. The lowest BCUT2D eigenvalue weighted by Crippen LogP contribution is -2.33. The summed E-state index contributed by atoms with van der Waals surface area (Å²) in [4.78, 5) is 14.7. The molecule has 122 valence electrons. The molecule has 2 heterocycles. The van der Waals surface area contributed by atoms with Gasteiger partial charge in [-0.3, -0.25) is 4.79 Å². The number of piperidine rings is 1. The first-order valence-electron chi connectivity index (χ1n) is 8.57. The number of hydrogen-bond acceptors (Lipinski definition) is 2. The second-order valence-electron chi connectivity index (χ2n) is 6.15. The van der Waals surface area contributed by atoms with Crippen molar-refractivity contribution < 1.29 is 4.79 Å². The molecule has 0 atom stereocenters. The molecule has 1 aromatic heterocycles. The van der Waals surface area contributed by atoms with Gasteiger partial charge in [-0.15, -0.1) is 0 Å². The van der Waals surface area contributed by atoms with Crippen LogP contribution in [0.15, 0.2) is 48.8 Å². The first-order valence-corrected chi connectivity index (χ1v) is 8.57. The van der Waals surface area contributed by atoms with Crippen molar-refractivity contribution in [3.05, 3.63) is 54.4 Å². The smallest absolute Gasteiger partial charge is 0.251 e. The molecular formula is C19H25N3O. The highest BCUT2D eigenvalue weighted by atomic mass is 16.1. The number of aromatic nitrogens is 1. The number of hydrogen-bond donors (Lipinski definition) is 1. The van der Waals surface area contributed by atoms with Gasteiger partial charge in [-0.25, -0.2) is 0 Å². The summed E-state index contributed by atoms with van der Waals surface area (Å²) in [5.74, 6) is 0.0164. The second kappa shape index (κ2) is 7.97. The summed E-state index contributed by atoms with van der Waals surface area (Å²) in [6.07, 6.45) is 9.02. The second-order valence-corrected chi connectivity index (χ2v) is 6.15. The van der Waals surface area contributed by atoms with Crippen molar-refractivity contribution in [2.45, 2.75) is 25.7 Å². The predicted octanol–water partition coefficient (Wildman–Crippen LogP) is 3.08. The average Bonchev–Trinajstić information content (AvgIpc) is 3.14. The van der Waals surface area contributed by atoms with Crippen LogP contribution < -0.4 is 5.32 Å². The largest absolute Gasteiger partial charge is 0.352 e. The Morgan fingerprint density at radius 3 is 2.39 bits per heavy atom. The van der Waals surface area contributed by atoms with E-state index in [-0.39, 0.29) is 5.91 Å². The molecule has 0 bridgehead atoms. The molecule has 0 radical (unpaired) electrons. The maximum atomic E-state index is 12.2. The fraction of sp³-hybridized carbons (Fsp3) is 0.421. The van der Waals surface area contributed by atoms with Gasteiger partial charge in [-0.05, 0) is 75.3 Å². The summed E-state index contributed by atoms with van der Waals surface area (Å²) >= 11 is 0. The van der Waals surface area contributed by atoms with Crippen molar-refractivity contribution in [2.75, 3.05) is 26.2 Å². The zero-order valence-electron chi connectivity index (χ0n) is 13.6. The normalized spacial score (nSPS) is 15.5. The molecule has 1 amide bonds. The lowest BCUT2D eigenvalue weighted by molar-refractivity contribution is 0.0951. The van der Waals surface area contributed by atoms with Crippen molar-refractivity contribution >= 4 is 5.91 Å². The third kappa shape index (κ3) is 4.45. The van der Waals surface area contributed by atoms with Gasteiger partial charge in [0.25, 0.3) is 5.91 Å². The van der Waals surface area contributed by atoms with Gasteiger partial charge in [-0.2, -0.15) is 0 Å². The molecule has 1 fully saturated rings. The Morgan fingerprint density at radius 1 is 1.00 bits per heavy atom. The van der Waals surface area contributed by atoms with Crippen LogP contribution in [0.1, 0.15) is 36.0 Å². The highest BCUT2D eigenvalue weighted by Gasteiger charge is 2.10. The molecule has 4 nitrogen and oxygen atoms in total. The number of benzene rings is 1. The number of nitrogens with zero attached hydrogens (tertiary/aromatic N) is 2. The van der Waals surface area contributed by atoms with E-state index in [1.807, 2.05) is 53.4 Å². The van der Waals surface area contributed by atoms with E-state index in [0.29, 0.717) is 0 Å². The monoisotopic (exact) mass is 311 g/mol. The molecule has 23 heavy (non-hydrogen) atoms. The molecule has 1 aliphatic heterocycles. The summed E-state index contributed by atoms with van der Waals surface area (Å²) in [5, 5.41) is 3.02. The molecule has 1 saturated heterocycles. The Hall–Kier alpha value is -2.07. The van der Waals surface area contributed by atoms with Gasteiger partial charge in [-0.1, -0.05) is 6.42 Å². The van der Waals surface area contributed by atoms with Crippen molar-refractivity contribution in [1.29, 1.82) is 0 Å². The maximum Gasteiger partial charge on any atom is 0.251 e. The lowest BCUT2D eigenvalue weighted by Gasteiger charge is -2.26. The van der Waals surface area contributed by atoms with Gasteiger partial charge in [0.2, 0.25) is 0 Å². The Bertz CT molecular complexity index is 598. The predicted molar refractivity (Wildman–Crippen MR) is 93.0 cm³/mol. The molecule has 1 N–H and O–H groups in total. The van der Waals surface area contributed by atoms with Crippen molar-refractivity contribution in [1.82, 2.24) is 14.8 Å². The third-order valence-corrected chi connectivity index (χ3v) is 4.42. The van der Waals surface area contributed by atoms with Crippen LogP contribution in [0.25, 0.3) is 5.69 Å². The van der Waals surface area contributed by atoms with Crippen LogP contribution in [0.5, 0.6) is 0 Å². The molecule has 3 rings (SSSR count). The van der Waals surface area contributed by atoms with Gasteiger partial charge in [0.05, 0.1) is 0 Å². The molecule has 0 saturated carbocycles. The topological polar surface area (TPSA) is 37.3 Å². The summed E-state index contributed by atoms with van der Waals surface area (Å²) in [6, 6.07) is 11.7. The highest BCUT2D eigenvalue weighted by molar-refractivity contribution is 5.94. The molecular weight excluding hydrogens is 286 g/mol. The average molecular weight is 311 g/mol. The molecule has 1 aromatic carbocycles. The van der Waals surface area contributed by atoms with Crippen LogP contribution in [-0.2, 0) is 0 Å². The highest BCUT2D eigenvalue weighted by Crippen LogP contribution is 2.10. The molecule has 1 aliphatic rings. The van der Waals surface area contributed by atoms with E-state index >= 15 is 0 Å². The molecule has 4 heteroatoms. The van der Waals surface area contributed by atoms with Gasteiger partial charge < -0.3 is 14.8 Å². The van der Waals surface area contributed by atoms with Gasteiger partial charge in [0.1, 0.15) is 0 Å². The van der Waals surface area contributed by atoms with Crippen LogP contribution in [0.4, 0.5) is 0 Å². The number of likely N-dealkylation sites (tertiary alicyclic amines) is 1. The minimum Gasteiger partial charge on any atom is -0.352 e. The zero-order chi connectivity index (χ0) is 15.9. The fourth-order valence-corrected chi connectivity index (χ4v) is 3.08. The molecule has 0 spiro atoms. The Morgan fingerprint density at radius 2 is 1.70 bits per heavy atom. The minimum atomic E-state index is 0.0164. The van der Waals surface area contributed by atoms with E-state index in [0.717, 1.165) is 30.8 Å². The maximum absolute atomic E-state index is 12.2. The van der Waals surface area contributed by atoms with Crippen molar-refractivity contribution in [2.24, 2.45) is 0 Å². The number of carbonyl (C=O) groups excluding carboxylic acids is 1. The Kier molecular flexibility index (Phi) is 5.48. The third-order valence-electron chi connectivity index (χ3n) is 4.42. The molecule has 2 aromatic rings. The zero-order valence-corrected chi connectivity index (χ0v) is 13.6. The van der Waals surface area contributed by atoms with E-state index in [2.05, 4.69) is 10.2 Å². The summed E-state index contributed by atoms with van der Waals surface area (Å²) in [6.45, 7) is 4.27. The summed E-state index contributed by atoms with van der Waals surface area (Å²) in [5.41, 5.74) is 1.79. The molecule has 0 unspecified atom stereocenters. The van der Waals surface area contributed by atoms with Crippen LogP contribution in [0.2, 0.25) is 0 Å². The standard InChI is InChI=1S/C19H25N3O/c23-19(20-11-6-14-21-12-2-1-3-13-21)17-7-9-18(10-8-17)22-15-4-5-16-22/h4-5,7-10,15-16H,1-3,6,11-14H2,(H,20,23). The fourth-order valence-electron chi connectivity index (χ4n) is 3.08. The number of carbonyl (C=O) groups is 1. The van der Waals surface area contributed by atoms with E-state index in [4.69, 9.17) is 0 Å². The first kappa shape index (κ1) is 15.8. The lowest BCUT2D eigenvalue weighted by atomic mass is 10.1. The van der Waals surface area contributed by atoms with Crippen LogP contribution in [-0.4, -0.2) is 41.6 Å². The summed E-state index contributed by atoms with van der Waals surface area (Å²) in [7, 11) is 0. The van der Waals surface area contributed by atoms with Gasteiger partial charge in [0.15, 0.2) is 0 Å². The number of nitrogens with one attached hydrogen (secondary N) is 1. The van der Waals surface area contributed by atoms with E-state index in [1.54, 1.807) is 0 Å². The van der Waals surface area contributed by atoms with E-state index in [9.17, 15) is 4.79 Å². The van der Waals surface area contributed by atoms with Crippen molar-refractivity contribution in [3.63, 3.8) is 0 Å². The Balaban J connectivity index is 1.43. The van der Waals surface area contributed by atoms with E-state index in [1.165, 1.54) is 32.4 Å². The van der Waals surface area contributed by atoms with Crippen LogP contribution in [0.3, 0.4) is 0 Å². The molecule has 0 aliphatic carbocycles. The number of rotatable bonds is 6. The van der Waals surface area contributed by atoms with Crippen molar-refractivity contribution in [3.8, 4) is 5.69 Å². The van der Waals surface area contributed by atoms with Crippen LogP contribution >= 0.6 is 0 Å².